The van der Waals surface area contributed by atoms with Gasteiger partial charge in [0.05, 0.1) is 4.90 Å². The molecule has 1 aliphatic rings. The molecule has 0 aromatic heterocycles. The fourth-order valence-electron chi connectivity index (χ4n) is 1.81. The Kier molecular flexibility index (Phi) is 3.29. The first-order chi connectivity index (χ1) is 8.34. The SMILES string of the molecule is Cc1ccc(C(=O)C2CC2)cc1S(=O)(=O)N(C)C. The maximum absolute atomic E-state index is 12.1. The van der Waals surface area contributed by atoms with Gasteiger partial charge in [-0.25, -0.2) is 12.7 Å². The second kappa shape index (κ2) is 4.48. The summed E-state index contributed by atoms with van der Waals surface area (Å²) in [6.45, 7) is 1.74. The van der Waals surface area contributed by atoms with E-state index in [2.05, 4.69) is 0 Å². The summed E-state index contributed by atoms with van der Waals surface area (Å²) in [4.78, 5) is 12.2. The normalized spacial score (nSPS) is 16.0. The van der Waals surface area contributed by atoms with Crippen molar-refractivity contribution in [2.24, 2.45) is 5.92 Å². The van der Waals surface area contributed by atoms with Crippen molar-refractivity contribution in [3.05, 3.63) is 29.3 Å². The highest BCUT2D eigenvalue weighted by molar-refractivity contribution is 7.89. The molecular formula is C13H17NO3S. The summed E-state index contributed by atoms with van der Waals surface area (Å²) in [5, 5.41) is 0. The van der Waals surface area contributed by atoms with Crippen molar-refractivity contribution in [3.63, 3.8) is 0 Å². The van der Waals surface area contributed by atoms with Gasteiger partial charge in [-0.15, -0.1) is 0 Å². The van der Waals surface area contributed by atoms with Crippen molar-refractivity contribution in [1.82, 2.24) is 4.31 Å². The first-order valence-electron chi connectivity index (χ1n) is 5.91. The molecular weight excluding hydrogens is 250 g/mol. The van der Waals surface area contributed by atoms with Crippen molar-refractivity contribution in [2.45, 2.75) is 24.7 Å². The highest BCUT2D eigenvalue weighted by Gasteiger charge is 2.31. The van der Waals surface area contributed by atoms with Crippen LogP contribution in [0.15, 0.2) is 23.1 Å². The van der Waals surface area contributed by atoms with E-state index in [-0.39, 0.29) is 16.6 Å². The van der Waals surface area contributed by atoms with E-state index in [0.717, 1.165) is 12.8 Å². The van der Waals surface area contributed by atoms with Crippen LogP contribution >= 0.6 is 0 Å². The maximum atomic E-state index is 12.1. The van der Waals surface area contributed by atoms with Crippen LogP contribution in [0.1, 0.15) is 28.8 Å². The Morgan fingerprint density at radius 1 is 1.28 bits per heavy atom. The van der Waals surface area contributed by atoms with E-state index >= 15 is 0 Å². The van der Waals surface area contributed by atoms with E-state index < -0.39 is 10.0 Å². The van der Waals surface area contributed by atoms with Crippen LogP contribution in [-0.4, -0.2) is 32.6 Å². The number of hydrogen-bond acceptors (Lipinski definition) is 3. The van der Waals surface area contributed by atoms with Gasteiger partial charge in [-0.2, -0.15) is 0 Å². The van der Waals surface area contributed by atoms with Crippen LogP contribution in [0.5, 0.6) is 0 Å². The van der Waals surface area contributed by atoms with Crippen LogP contribution < -0.4 is 0 Å². The number of aryl methyl sites for hydroxylation is 1. The van der Waals surface area contributed by atoms with Crippen LogP contribution in [-0.2, 0) is 10.0 Å². The molecule has 0 amide bonds. The van der Waals surface area contributed by atoms with Gasteiger partial charge in [0.1, 0.15) is 0 Å². The minimum atomic E-state index is -3.49. The highest BCUT2D eigenvalue weighted by atomic mass is 32.2. The van der Waals surface area contributed by atoms with E-state index in [9.17, 15) is 13.2 Å². The lowest BCUT2D eigenvalue weighted by atomic mass is 10.1. The molecule has 2 rings (SSSR count). The molecule has 1 fully saturated rings. The Balaban J connectivity index is 2.47. The minimum Gasteiger partial charge on any atom is -0.294 e. The summed E-state index contributed by atoms with van der Waals surface area (Å²) in [7, 11) is -0.507. The van der Waals surface area contributed by atoms with Crippen LogP contribution in [0, 0.1) is 12.8 Å². The highest BCUT2D eigenvalue weighted by Crippen LogP contribution is 2.33. The second-order valence-corrected chi connectivity index (χ2v) is 7.03. The Morgan fingerprint density at radius 3 is 2.39 bits per heavy atom. The van der Waals surface area contributed by atoms with Crippen molar-refractivity contribution in [2.75, 3.05) is 14.1 Å². The zero-order valence-corrected chi connectivity index (χ0v) is 11.6. The topological polar surface area (TPSA) is 54.5 Å². The summed E-state index contributed by atoms with van der Waals surface area (Å²) < 4.78 is 25.4. The lowest BCUT2D eigenvalue weighted by Crippen LogP contribution is -2.23. The van der Waals surface area contributed by atoms with Crippen molar-refractivity contribution < 1.29 is 13.2 Å². The molecule has 0 atom stereocenters. The van der Waals surface area contributed by atoms with Gasteiger partial charge in [-0.3, -0.25) is 4.79 Å². The summed E-state index contributed by atoms with van der Waals surface area (Å²) in [5.41, 5.74) is 1.17. The molecule has 18 heavy (non-hydrogen) atoms. The number of carbonyl (C=O) groups is 1. The van der Waals surface area contributed by atoms with E-state index in [1.807, 2.05) is 0 Å². The molecule has 5 heteroatoms. The molecule has 0 unspecified atom stereocenters. The molecule has 1 aliphatic carbocycles. The summed E-state index contributed by atoms with van der Waals surface area (Å²) in [6, 6.07) is 4.92. The number of hydrogen-bond donors (Lipinski definition) is 0. The van der Waals surface area contributed by atoms with Crippen molar-refractivity contribution in [1.29, 1.82) is 0 Å². The third kappa shape index (κ3) is 2.33. The summed E-state index contributed by atoms with van der Waals surface area (Å²) in [5.74, 6) is 0.160. The van der Waals surface area contributed by atoms with Crippen LogP contribution in [0.25, 0.3) is 0 Å². The van der Waals surface area contributed by atoms with Crippen molar-refractivity contribution >= 4 is 15.8 Å². The molecule has 0 N–H and O–H groups in total. The number of benzene rings is 1. The molecule has 0 aliphatic heterocycles. The molecule has 0 bridgehead atoms. The van der Waals surface area contributed by atoms with E-state index in [4.69, 9.17) is 0 Å². The molecule has 1 aromatic carbocycles. The molecule has 4 nitrogen and oxygen atoms in total. The van der Waals surface area contributed by atoms with E-state index in [1.165, 1.54) is 24.5 Å². The first kappa shape index (κ1) is 13.2. The van der Waals surface area contributed by atoms with E-state index in [0.29, 0.717) is 11.1 Å². The van der Waals surface area contributed by atoms with Crippen LogP contribution in [0.3, 0.4) is 0 Å². The van der Waals surface area contributed by atoms with E-state index in [1.54, 1.807) is 19.1 Å². The Morgan fingerprint density at radius 2 is 1.89 bits per heavy atom. The monoisotopic (exact) mass is 267 g/mol. The minimum absolute atomic E-state index is 0.0604. The third-order valence-corrected chi connectivity index (χ3v) is 5.14. The standard InChI is InChI=1S/C13H17NO3S/c1-9-4-5-11(13(15)10-6-7-10)8-12(9)18(16,17)14(2)3/h4-5,8,10H,6-7H2,1-3H3. The number of carbonyl (C=O) groups excluding carboxylic acids is 1. The number of sulfonamides is 1. The lowest BCUT2D eigenvalue weighted by molar-refractivity contribution is 0.0967. The van der Waals surface area contributed by atoms with Crippen molar-refractivity contribution in [3.8, 4) is 0 Å². The van der Waals surface area contributed by atoms with Gasteiger partial charge >= 0.3 is 0 Å². The number of ketones is 1. The zero-order valence-electron chi connectivity index (χ0n) is 10.8. The number of Topliss-reactive ketones (excluding diaryl/α,β-unsaturated/α-hetero) is 1. The summed E-state index contributed by atoms with van der Waals surface area (Å²) >= 11 is 0. The second-order valence-electron chi connectivity index (χ2n) is 4.91. The molecule has 0 saturated heterocycles. The summed E-state index contributed by atoms with van der Waals surface area (Å²) in [6.07, 6.45) is 1.84. The molecule has 1 aromatic rings. The molecule has 0 heterocycles. The molecule has 0 radical (unpaired) electrons. The Labute approximate surface area is 108 Å². The van der Waals surface area contributed by atoms with Crippen LogP contribution in [0.4, 0.5) is 0 Å². The van der Waals surface area contributed by atoms with Gasteiger partial charge in [0.15, 0.2) is 5.78 Å². The Hall–Kier alpha value is -1.20. The van der Waals surface area contributed by atoms with Gasteiger partial charge in [-0.05, 0) is 31.4 Å². The Bertz CT molecular complexity index is 586. The van der Waals surface area contributed by atoms with Gasteiger partial charge < -0.3 is 0 Å². The predicted molar refractivity (Wildman–Crippen MR) is 69.1 cm³/mol. The third-order valence-electron chi connectivity index (χ3n) is 3.18. The first-order valence-corrected chi connectivity index (χ1v) is 7.35. The van der Waals surface area contributed by atoms with Gasteiger partial charge in [-0.1, -0.05) is 12.1 Å². The average molecular weight is 267 g/mol. The zero-order chi connectivity index (χ0) is 13.5. The fourth-order valence-corrected chi connectivity index (χ4v) is 2.95. The largest absolute Gasteiger partial charge is 0.294 e. The number of nitrogens with zero attached hydrogens (tertiary/aromatic N) is 1. The van der Waals surface area contributed by atoms with Gasteiger partial charge in [0, 0.05) is 25.6 Å². The molecule has 0 spiro atoms. The number of rotatable bonds is 4. The predicted octanol–water partition coefficient (Wildman–Crippen LogP) is 1.84. The van der Waals surface area contributed by atoms with Gasteiger partial charge in [0.25, 0.3) is 0 Å². The lowest BCUT2D eigenvalue weighted by Gasteiger charge is -2.14. The average Bonchev–Trinajstić information content (AvgIpc) is 3.12. The quantitative estimate of drug-likeness (QED) is 0.782. The molecule has 98 valence electrons. The fraction of sp³-hybridized carbons (Fsp3) is 0.462. The van der Waals surface area contributed by atoms with Crippen LogP contribution in [0.2, 0.25) is 0 Å². The smallest absolute Gasteiger partial charge is 0.242 e. The molecule has 1 saturated carbocycles. The maximum Gasteiger partial charge on any atom is 0.242 e. The van der Waals surface area contributed by atoms with Gasteiger partial charge in [0.2, 0.25) is 10.0 Å².